The van der Waals surface area contributed by atoms with Crippen molar-refractivity contribution in [1.82, 2.24) is 14.7 Å². The fraction of sp³-hybridized carbons (Fsp3) is 0.818. The fourth-order valence-corrected chi connectivity index (χ4v) is 2.15. The summed E-state index contributed by atoms with van der Waals surface area (Å²) in [5.41, 5.74) is 0. The maximum absolute atomic E-state index is 12.1. The van der Waals surface area contributed by atoms with Crippen LogP contribution < -0.4 is 0 Å². The number of nitrogens with zero attached hydrogens (tertiary/aromatic N) is 4. The summed E-state index contributed by atoms with van der Waals surface area (Å²) >= 11 is 0. The molecule has 2 fully saturated rings. The van der Waals surface area contributed by atoms with Crippen molar-refractivity contribution >= 4 is 6.03 Å². The molecule has 0 aromatic carbocycles. The van der Waals surface area contributed by atoms with Crippen LogP contribution in [0, 0.1) is 11.3 Å². The van der Waals surface area contributed by atoms with Gasteiger partial charge in [0.2, 0.25) is 0 Å². The molecule has 2 aliphatic rings. The van der Waals surface area contributed by atoms with Gasteiger partial charge in [0.1, 0.15) is 0 Å². The lowest BCUT2D eigenvalue weighted by Gasteiger charge is -2.37. The second kappa shape index (κ2) is 5.84. The first-order valence-corrected chi connectivity index (χ1v) is 6.02. The van der Waals surface area contributed by atoms with Crippen molar-refractivity contribution < 1.29 is 9.53 Å². The Morgan fingerprint density at radius 2 is 1.65 bits per heavy atom. The van der Waals surface area contributed by atoms with Gasteiger partial charge in [-0.15, -0.1) is 0 Å². The highest BCUT2D eigenvalue weighted by molar-refractivity contribution is 5.74. The van der Waals surface area contributed by atoms with Gasteiger partial charge in [-0.2, -0.15) is 5.26 Å². The zero-order chi connectivity index (χ0) is 12.1. The molecule has 2 rings (SSSR count). The summed E-state index contributed by atoms with van der Waals surface area (Å²) in [5, 5.41) is 8.60. The Labute approximate surface area is 101 Å². The highest BCUT2D eigenvalue weighted by Gasteiger charge is 2.25. The first-order valence-electron chi connectivity index (χ1n) is 6.02. The summed E-state index contributed by atoms with van der Waals surface area (Å²) in [5.74, 6) is 0. The number of carbonyl (C=O) groups is 1. The van der Waals surface area contributed by atoms with Crippen molar-refractivity contribution in [3.05, 3.63) is 0 Å². The molecule has 6 heteroatoms. The number of piperazine rings is 1. The van der Waals surface area contributed by atoms with E-state index in [0.717, 1.165) is 26.2 Å². The molecule has 6 nitrogen and oxygen atoms in total. The summed E-state index contributed by atoms with van der Waals surface area (Å²) in [6.45, 7) is 6.15. The SMILES string of the molecule is N#CCN1CCN(C(=O)N2CCOCC2)CC1. The van der Waals surface area contributed by atoms with E-state index in [1.807, 2.05) is 9.80 Å². The van der Waals surface area contributed by atoms with Gasteiger partial charge < -0.3 is 14.5 Å². The van der Waals surface area contributed by atoms with Gasteiger partial charge in [-0.05, 0) is 0 Å². The summed E-state index contributed by atoms with van der Waals surface area (Å²) in [6, 6.07) is 2.26. The summed E-state index contributed by atoms with van der Waals surface area (Å²) in [4.78, 5) is 17.9. The van der Waals surface area contributed by atoms with Crippen LogP contribution in [-0.2, 0) is 4.74 Å². The van der Waals surface area contributed by atoms with E-state index in [2.05, 4.69) is 11.0 Å². The Bertz CT molecular complexity index is 301. The van der Waals surface area contributed by atoms with Crippen molar-refractivity contribution in [2.75, 3.05) is 59.0 Å². The van der Waals surface area contributed by atoms with Crippen molar-refractivity contribution in [3.63, 3.8) is 0 Å². The molecular weight excluding hydrogens is 220 g/mol. The number of hydrogen-bond donors (Lipinski definition) is 0. The molecule has 2 heterocycles. The molecule has 0 spiro atoms. The van der Waals surface area contributed by atoms with E-state index >= 15 is 0 Å². The molecule has 17 heavy (non-hydrogen) atoms. The summed E-state index contributed by atoms with van der Waals surface area (Å²) in [7, 11) is 0. The molecule has 2 amide bonds. The van der Waals surface area contributed by atoms with Crippen LogP contribution in [0.4, 0.5) is 4.79 Å². The van der Waals surface area contributed by atoms with Crippen LogP contribution in [0.25, 0.3) is 0 Å². The van der Waals surface area contributed by atoms with Crippen LogP contribution in [0.2, 0.25) is 0 Å². The molecule has 0 radical (unpaired) electrons. The number of urea groups is 1. The van der Waals surface area contributed by atoms with Gasteiger partial charge in [0, 0.05) is 39.3 Å². The normalized spacial score (nSPS) is 22.3. The van der Waals surface area contributed by atoms with Gasteiger partial charge >= 0.3 is 6.03 Å². The van der Waals surface area contributed by atoms with E-state index in [0.29, 0.717) is 32.8 Å². The third kappa shape index (κ3) is 3.08. The standard InChI is InChI=1S/C11H18N4O2/c12-1-2-13-3-5-14(6-4-13)11(16)15-7-9-17-10-8-15/h2-10H2. The predicted octanol–water partition coefficient (Wildman–Crippen LogP) is -0.420. The molecular formula is C11H18N4O2. The Hall–Kier alpha value is -1.32. The lowest BCUT2D eigenvalue weighted by atomic mass is 10.3. The molecule has 0 atom stereocenters. The van der Waals surface area contributed by atoms with Gasteiger partial charge in [0.15, 0.2) is 0 Å². The topological polar surface area (TPSA) is 59.8 Å². The average molecular weight is 238 g/mol. The number of ether oxygens (including phenoxy) is 1. The lowest BCUT2D eigenvalue weighted by molar-refractivity contribution is 0.0383. The zero-order valence-electron chi connectivity index (χ0n) is 9.97. The molecule has 0 bridgehead atoms. The number of nitriles is 1. The van der Waals surface area contributed by atoms with Crippen molar-refractivity contribution in [3.8, 4) is 6.07 Å². The number of amides is 2. The van der Waals surface area contributed by atoms with E-state index in [1.165, 1.54) is 0 Å². The number of carbonyl (C=O) groups excluding carboxylic acids is 1. The highest BCUT2D eigenvalue weighted by atomic mass is 16.5. The largest absolute Gasteiger partial charge is 0.378 e. The van der Waals surface area contributed by atoms with E-state index in [9.17, 15) is 4.79 Å². The van der Waals surface area contributed by atoms with Crippen molar-refractivity contribution in [1.29, 1.82) is 5.26 Å². The second-order valence-electron chi connectivity index (χ2n) is 4.30. The lowest BCUT2D eigenvalue weighted by Crippen LogP contribution is -2.54. The monoisotopic (exact) mass is 238 g/mol. The maximum atomic E-state index is 12.1. The average Bonchev–Trinajstić information content (AvgIpc) is 2.40. The first-order chi connectivity index (χ1) is 8.31. The smallest absolute Gasteiger partial charge is 0.320 e. The quantitative estimate of drug-likeness (QED) is 0.582. The third-order valence-electron chi connectivity index (χ3n) is 3.22. The zero-order valence-corrected chi connectivity index (χ0v) is 9.97. The van der Waals surface area contributed by atoms with Crippen molar-refractivity contribution in [2.24, 2.45) is 0 Å². The van der Waals surface area contributed by atoms with E-state index < -0.39 is 0 Å². The highest BCUT2D eigenvalue weighted by Crippen LogP contribution is 2.07. The van der Waals surface area contributed by atoms with Gasteiger partial charge in [-0.3, -0.25) is 4.90 Å². The molecule has 2 aliphatic heterocycles. The fourth-order valence-electron chi connectivity index (χ4n) is 2.15. The maximum Gasteiger partial charge on any atom is 0.320 e. The first kappa shape index (κ1) is 12.1. The molecule has 0 unspecified atom stereocenters. The molecule has 0 N–H and O–H groups in total. The number of morpholine rings is 1. The van der Waals surface area contributed by atoms with Crippen LogP contribution in [-0.4, -0.2) is 79.8 Å². The van der Waals surface area contributed by atoms with Gasteiger partial charge in [-0.1, -0.05) is 0 Å². The van der Waals surface area contributed by atoms with Gasteiger partial charge in [-0.25, -0.2) is 4.79 Å². The Morgan fingerprint density at radius 3 is 2.24 bits per heavy atom. The third-order valence-corrected chi connectivity index (χ3v) is 3.22. The molecule has 0 aliphatic carbocycles. The van der Waals surface area contributed by atoms with Crippen LogP contribution in [0.3, 0.4) is 0 Å². The van der Waals surface area contributed by atoms with Crippen LogP contribution in [0.15, 0.2) is 0 Å². The second-order valence-corrected chi connectivity index (χ2v) is 4.30. The minimum Gasteiger partial charge on any atom is -0.378 e. The predicted molar refractivity (Wildman–Crippen MR) is 61.4 cm³/mol. The van der Waals surface area contributed by atoms with Gasteiger partial charge in [0.25, 0.3) is 0 Å². The molecule has 0 saturated carbocycles. The summed E-state index contributed by atoms with van der Waals surface area (Å²) in [6.07, 6.45) is 0. The number of rotatable bonds is 1. The molecule has 2 saturated heterocycles. The van der Waals surface area contributed by atoms with Crippen LogP contribution in [0.1, 0.15) is 0 Å². The minimum atomic E-state index is 0.116. The van der Waals surface area contributed by atoms with Crippen LogP contribution in [0.5, 0.6) is 0 Å². The van der Waals surface area contributed by atoms with E-state index in [1.54, 1.807) is 0 Å². The van der Waals surface area contributed by atoms with Crippen LogP contribution >= 0.6 is 0 Å². The Kier molecular flexibility index (Phi) is 4.18. The van der Waals surface area contributed by atoms with Crippen molar-refractivity contribution in [2.45, 2.75) is 0 Å². The Balaban J connectivity index is 1.79. The number of hydrogen-bond acceptors (Lipinski definition) is 4. The minimum absolute atomic E-state index is 0.116. The molecule has 0 aromatic heterocycles. The Morgan fingerprint density at radius 1 is 1.06 bits per heavy atom. The van der Waals surface area contributed by atoms with Gasteiger partial charge in [0.05, 0.1) is 25.8 Å². The summed E-state index contributed by atoms with van der Waals surface area (Å²) < 4.78 is 5.23. The van der Waals surface area contributed by atoms with E-state index in [4.69, 9.17) is 10.00 Å². The molecule has 94 valence electrons. The van der Waals surface area contributed by atoms with E-state index in [-0.39, 0.29) is 6.03 Å². The molecule has 0 aromatic rings.